The molecule has 0 radical (unpaired) electrons. The van der Waals surface area contributed by atoms with Gasteiger partial charge in [-0.3, -0.25) is 0 Å². The summed E-state index contributed by atoms with van der Waals surface area (Å²) in [7, 11) is 1.65. The molecule has 1 aliphatic rings. The van der Waals surface area contributed by atoms with Gasteiger partial charge in [0.2, 0.25) is 0 Å². The predicted molar refractivity (Wildman–Crippen MR) is 108 cm³/mol. The topological polar surface area (TPSA) is 56.7 Å². The highest BCUT2D eigenvalue weighted by atomic mass is 16.4. The first kappa shape index (κ1) is 17.3. The van der Waals surface area contributed by atoms with Crippen LogP contribution in [0.5, 0.6) is 0 Å². The van der Waals surface area contributed by atoms with Gasteiger partial charge in [0.25, 0.3) is 0 Å². The molecule has 5 heteroatoms. The van der Waals surface area contributed by atoms with Crippen LogP contribution in [0, 0.1) is 0 Å². The van der Waals surface area contributed by atoms with Gasteiger partial charge in [-0.1, -0.05) is 42.5 Å². The first-order chi connectivity index (χ1) is 13.1. The van der Waals surface area contributed by atoms with Crippen molar-refractivity contribution in [3.05, 3.63) is 60.7 Å². The molecule has 27 heavy (non-hydrogen) atoms. The Bertz CT molecular complexity index is 964. The maximum absolute atomic E-state index is 11.1. The fourth-order valence-electron chi connectivity index (χ4n) is 3.75. The van der Waals surface area contributed by atoms with Crippen LogP contribution in [-0.2, 0) is 0 Å². The average molecular weight is 361 g/mol. The van der Waals surface area contributed by atoms with Gasteiger partial charge in [-0.05, 0) is 41.8 Å². The summed E-state index contributed by atoms with van der Waals surface area (Å²) in [6.45, 7) is 1.63. The highest BCUT2D eigenvalue weighted by Gasteiger charge is 2.25. The molecule has 2 heterocycles. The van der Waals surface area contributed by atoms with Crippen molar-refractivity contribution in [1.82, 2.24) is 9.88 Å². The number of fused-ring (bicyclic) bond motifs is 1. The third-order valence-corrected chi connectivity index (χ3v) is 5.42. The van der Waals surface area contributed by atoms with Crippen LogP contribution in [0.3, 0.4) is 0 Å². The zero-order valence-corrected chi connectivity index (χ0v) is 15.4. The van der Waals surface area contributed by atoms with E-state index < -0.39 is 6.09 Å². The number of rotatable bonds is 3. The summed E-state index contributed by atoms with van der Waals surface area (Å²) >= 11 is 0. The predicted octanol–water partition coefficient (Wildman–Crippen LogP) is 4.48. The van der Waals surface area contributed by atoms with Crippen molar-refractivity contribution < 1.29 is 9.90 Å². The molecule has 1 aromatic heterocycles. The summed E-state index contributed by atoms with van der Waals surface area (Å²) in [6.07, 6.45) is 0.792. The van der Waals surface area contributed by atoms with Gasteiger partial charge in [0.1, 0.15) is 5.82 Å². The summed E-state index contributed by atoms with van der Waals surface area (Å²) in [5.74, 6) is 0.956. The second kappa shape index (κ2) is 7.27. The molecule has 5 nitrogen and oxygen atoms in total. The minimum atomic E-state index is -0.857. The molecule has 0 atom stereocenters. The first-order valence-corrected chi connectivity index (χ1v) is 9.29. The van der Waals surface area contributed by atoms with E-state index >= 15 is 0 Å². The third kappa shape index (κ3) is 3.58. The molecule has 138 valence electrons. The Morgan fingerprint density at radius 2 is 1.78 bits per heavy atom. The lowest BCUT2D eigenvalue weighted by molar-refractivity contribution is 0.131. The number of nitrogens with zero attached hydrogens (tertiary/aromatic N) is 3. The number of hydrogen-bond donors (Lipinski definition) is 1. The zero-order valence-electron chi connectivity index (χ0n) is 15.4. The van der Waals surface area contributed by atoms with Gasteiger partial charge in [0.05, 0.1) is 5.69 Å². The number of carboxylic acid groups (broad SMARTS) is 1. The molecule has 0 spiro atoms. The van der Waals surface area contributed by atoms with Crippen molar-refractivity contribution in [3.63, 3.8) is 0 Å². The van der Waals surface area contributed by atoms with E-state index in [2.05, 4.69) is 35.2 Å². The standard InChI is InChI=1S/C22H23N3O2/c1-24(22(26)27)19-11-13-25(14-12-19)21-8-4-7-20(23-21)18-10-9-16-5-2-3-6-17(16)15-18/h2-10,15,19H,11-14H2,1H3,(H,26,27). The molecule has 1 saturated heterocycles. The Kier molecular flexibility index (Phi) is 4.67. The summed E-state index contributed by atoms with van der Waals surface area (Å²) in [4.78, 5) is 19.7. The molecule has 3 aromatic rings. The van der Waals surface area contributed by atoms with Gasteiger partial charge in [-0.2, -0.15) is 0 Å². The monoisotopic (exact) mass is 361 g/mol. The number of pyridine rings is 1. The van der Waals surface area contributed by atoms with Crippen LogP contribution in [0.2, 0.25) is 0 Å². The molecule has 0 aliphatic carbocycles. The van der Waals surface area contributed by atoms with E-state index in [-0.39, 0.29) is 6.04 Å². The molecule has 0 saturated carbocycles. The number of benzene rings is 2. The Balaban J connectivity index is 1.53. The van der Waals surface area contributed by atoms with E-state index in [1.807, 2.05) is 30.3 Å². The van der Waals surface area contributed by atoms with Gasteiger partial charge >= 0.3 is 6.09 Å². The number of anilines is 1. The van der Waals surface area contributed by atoms with E-state index in [4.69, 9.17) is 10.1 Å². The van der Waals surface area contributed by atoms with Crippen LogP contribution in [0.25, 0.3) is 22.0 Å². The highest BCUT2D eigenvalue weighted by Crippen LogP contribution is 2.26. The number of aromatic nitrogens is 1. The van der Waals surface area contributed by atoms with Crippen molar-refractivity contribution in [2.45, 2.75) is 18.9 Å². The van der Waals surface area contributed by atoms with E-state index in [0.29, 0.717) is 0 Å². The van der Waals surface area contributed by atoms with Crippen molar-refractivity contribution in [2.24, 2.45) is 0 Å². The van der Waals surface area contributed by atoms with Crippen LogP contribution >= 0.6 is 0 Å². The Hall–Kier alpha value is -3.08. The van der Waals surface area contributed by atoms with Gasteiger partial charge in [-0.15, -0.1) is 0 Å². The molecule has 1 amide bonds. The number of piperidine rings is 1. The average Bonchev–Trinajstić information content (AvgIpc) is 2.73. The number of hydrogen-bond acceptors (Lipinski definition) is 3. The maximum Gasteiger partial charge on any atom is 0.407 e. The SMILES string of the molecule is CN(C(=O)O)C1CCN(c2cccc(-c3ccc4ccccc4c3)n2)CC1. The molecule has 1 fully saturated rings. The first-order valence-electron chi connectivity index (χ1n) is 9.29. The molecule has 4 rings (SSSR count). The molecule has 0 unspecified atom stereocenters. The quantitative estimate of drug-likeness (QED) is 0.747. The van der Waals surface area contributed by atoms with Crippen LogP contribution in [0.15, 0.2) is 60.7 Å². The second-order valence-corrected chi connectivity index (χ2v) is 7.05. The van der Waals surface area contributed by atoms with Crippen molar-refractivity contribution in [3.8, 4) is 11.3 Å². The number of amides is 1. The van der Waals surface area contributed by atoms with Crippen LogP contribution in [0.1, 0.15) is 12.8 Å². The highest BCUT2D eigenvalue weighted by molar-refractivity contribution is 5.86. The summed E-state index contributed by atoms with van der Waals surface area (Å²) in [5, 5.41) is 11.6. The lowest BCUT2D eigenvalue weighted by Crippen LogP contribution is -2.45. The fourth-order valence-corrected chi connectivity index (χ4v) is 3.75. The normalized spacial score (nSPS) is 15.1. The van der Waals surface area contributed by atoms with E-state index in [9.17, 15) is 4.79 Å². The van der Waals surface area contributed by atoms with Crippen molar-refractivity contribution >= 4 is 22.7 Å². The van der Waals surface area contributed by atoms with Crippen LogP contribution in [-0.4, -0.2) is 47.3 Å². The third-order valence-electron chi connectivity index (χ3n) is 5.42. The summed E-state index contributed by atoms with van der Waals surface area (Å²) in [5.41, 5.74) is 2.07. The van der Waals surface area contributed by atoms with Gasteiger partial charge in [0, 0.05) is 31.7 Å². The minimum absolute atomic E-state index is 0.0856. The van der Waals surface area contributed by atoms with E-state index in [1.54, 1.807) is 7.05 Å². The Labute approximate surface area is 158 Å². The van der Waals surface area contributed by atoms with Gasteiger partial charge < -0.3 is 14.9 Å². The lowest BCUT2D eigenvalue weighted by Gasteiger charge is -2.36. The van der Waals surface area contributed by atoms with Crippen LogP contribution < -0.4 is 4.90 Å². The zero-order chi connectivity index (χ0) is 18.8. The van der Waals surface area contributed by atoms with E-state index in [0.717, 1.165) is 43.0 Å². The fraction of sp³-hybridized carbons (Fsp3) is 0.273. The molecular formula is C22H23N3O2. The number of carbonyl (C=O) groups is 1. The smallest absolute Gasteiger partial charge is 0.407 e. The summed E-state index contributed by atoms with van der Waals surface area (Å²) in [6, 6.07) is 21.0. The van der Waals surface area contributed by atoms with Crippen molar-refractivity contribution in [2.75, 3.05) is 25.0 Å². The Morgan fingerprint density at radius 3 is 2.52 bits per heavy atom. The Morgan fingerprint density at radius 1 is 1.04 bits per heavy atom. The van der Waals surface area contributed by atoms with Gasteiger partial charge in [-0.25, -0.2) is 9.78 Å². The maximum atomic E-state index is 11.1. The summed E-state index contributed by atoms with van der Waals surface area (Å²) < 4.78 is 0. The molecule has 2 aromatic carbocycles. The van der Waals surface area contributed by atoms with Gasteiger partial charge in [0.15, 0.2) is 0 Å². The molecular weight excluding hydrogens is 338 g/mol. The van der Waals surface area contributed by atoms with Crippen LogP contribution in [0.4, 0.5) is 10.6 Å². The minimum Gasteiger partial charge on any atom is -0.465 e. The van der Waals surface area contributed by atoms with E-state index in [1.165, 1.54) is 15.7 Å². The van der Waals surface area contributed by atoms with Crippen molar-refractivity contribution in [1.29, 1.82) is 0 Å². The molecule has 1 N–H and O–H groups in total. The molecule has 1 aliphatic heterocycles. The second-order valence-electron chi connectivity index (χ2n) is 7.05. The largest absolute Gasteiger partial charge is 0.465 e. The lowest BCUT2D eigenvalue weighted by atomic mass is 10.0. The molecule has 0 bridgehead atoms.